The van der Waals surface area contributed by atoms with Crippen LogP contribution in [0.2, 0.25) is 10.0 Å². The minimum atomic E-state index is -0.0818. The van der Waals surface area contributed by atoms with Crippen LogP contribution in [0, 0.1) is 6.92 Å². The molecule has 1 N–H and O–H groups in total. The zero-order valence-corrected chi connectivity index (χ0v) is 19.0. The maximum absolute atomic E-state index is 12.2. The van der Waals surface area contributed by atoms with Crippen molar-refractivity contribution in [2.75, 3.05) is 17.7 Å². The number of amides is 1. The van der Waals surface area contributed by atoms with E-state index in [-0.39, 0.29) is 11.7 Å². The number of carbonyl (C=O) groups is 1. The third-order valence-corrected chi connectivity index (χ3v) is 5.84. The maximum atomic E-state index is 12.2. The Labute approximate surface area is 189 Å². The van der Waals surface area contributed by atoms with Gasteiger partial charge in [0.05, 0.1) is 17.4 Å². The van der Waals surface area contributed by atoms with E-state index in [4.69, 9.17) is 27.9 Å². The highest BCUT2D eigenvalue weighted by molar-refractivity contribution is 7.99. The topological polar surface area (TPSA) is 69.0 Å². The van der Waals surface area contributed by atoms with Crippen LogP contribution in [0.1, 0.15) is 17.8 Å². The minimum Gasteiger partial charge on any atom is -0.492 e. The molecule has 3 aromatic rings. The number of carbonyl (C=O) groups excluding carboxylic acids is 1. The Kier molecular flexibility index (Phi) is 8.01. The van der Waals surface area contributed by atoms with Crippen molar-refractivity contribution in [3.8, 4) is 5.75 Å². The number of nitrogens with one attached hydrogen (secondary N) is 1. The molecule has 0 saturated carbocycles. The van der Waals surface area contributed by atoms with Crippen molar-refractivity contribution >= 4 is 46.6 Å². The van der Waals surface area contributed by atoms with Gasteiger partial charge in [-0.3, -0.25) is 4.79 Å². The van der Waals surface area contributed by atoms with Crippen LogP contribution < -0.4 is 10.1 Å². The predicted octanol–water partition coefficient (Wildman–Crippen LogP) is 5.17. The summed E-state index contributed by atoms with van der Waals surface area (Å²) in [6, 6.07) is 12.8. The third-order valence-electron chi connectivity index (χ3n) is 4.29. The van der Waals surface area contributed by atoms with Crippen LogP contribution in [0.3, 0.4) is 0 Å². The van der Waals surface area contributed by atoms with Crippen molar-refractivity contribution in [1.82, 2.24) is 14.8 Å². The lowest BCUT2D eigenvalue weighted by atomic mass is 10.2. The average Bonchev–Trinajstić information content (AvgIpc) is 3.06. The molecule has 9 heteroatoms. The van der Waals surface area contributed by atoms with Gasteiger partial charge in [0.2, 0.25) is 5.91 Å². The summed E-state index contributed by atoms with van der Waals surface area (Å²) in [5.74, 6) is 1.62. The highest BCUT2D eigenvalue weighted by Crippen LogP contribution is 2.27. The normalized spacial score (nSPS) is 10.8. The molecule has 0 saturated heterocycles. The van der Waals surface area contributed by atoms with Crippen molar-refractivity contribution in [3.05, 3.63) is 63.9 Å². The molecule has 0 fully saturated rings. The molecule has 0 atom stereocenters. The number of hydrogen-bond acceptors (Lipinski definition) is 5. The van der Waals surface area contributed by atoms with E-state index in [0.717, 1.165) is 23.5 Å². The van der Waals surface area contributed by atoms with Gasteiger partial charge in [-0.05, 0) is 43.7 Å². The molecule has 0 aliphatic heterocycles. The number of halogens is 2. The summed E-state index contributed by atoms with van der Waals surface area (Å²) < 4.78 is 7.60. The van der Waals surface area contributed by atoms with Crippen molar-refractivity contribution in [2.45, 2.75) is 24.9 Å². The second-order valence-corrected chi connectivity index (χ2v) is 8.47. The maximum Gasteiger partial charge on any atom is 0.234 e. The summed E-state index contributed by atoms with van der Waals surface area (Å²) in [7, 11) is 1.90. The predicted molar refractivity (Wildman–Crippen MR) is 122 cm³/mol. The minimum absolute atomic E-state index is 0.0818. The number of benzene rings is 2. The van der Waals surface area contributed by atoms with E-state index in [2.05, 4.69) is 15.5 Å². The van der Waals surface area contributed by atoms with Crippen LogP contribution in [-0.2, 0) is 18.3 Å². The SMILES string of the molecule is Cc1ccc(NC(=O)CSc2nnc(CCCOc3ccc(Cl)cc3Cl)n2C)cc1. The van der Waals surface area contributed by atoms with Gasteiger partial charge >= 0.3 is 0 Å². The Morgan fingerprint density at radius 1 is 1.17 bits per heavy atom. The van der Waals surface area contributed by atoms with Crippen molar-refractivity contribution in [1.29, 1.82) is 0 Å². The van der Waals surface area contributed by atoms with Gasteiger partial charge in [0, 0.05) is 24.2 Å². The van der Waals surface area contributed by atoms with Gasteiger partial charge in [0.15, 0.2) is 5.16 Å². The summed E-state index contributed by atoms with van der Waals surface area (Å²) in [4.78, 5) is 12.2. The quantitative estimate of drug-likeness (QED) is 0.349. The summed E-state index contributed by atoms with van der Waals surface area (Å²) >= 11 is 13.3. The molecule has 6 nitrogen and oxygen atoms in total. The number of hydrogen-bond donors (Lipinski definition) is 1. The summed E-state index contributed by atoms with van der Waals surface area (Å²) in [5.41, 5.74) is 1.93. The van der Waals surface area contributed by atoms with E-state index in [0.29, 0.717) is 34.0 Å². The highest BCUT2D eigenvalue weighted by atomic mass is 35.5. The standard InChI is InChI=1S/C21H22Cl2N4O2S/c1-14-5-8-16(9-6-14)24-20(28)13-30-21-26-25-19(27(21)2)4-3-11-29-18-10-7-15(22)12-17(18)23/h5-10,12H,3-4,11,13H2,1-2H3,(H,24,28). The molecule has 0 spiro atoms. The first kappa shape index (κ1) is 22.5. The molecular formula is C21H22Cl2N4O2S. The van der Waals surface area contributed by atoms with Crippen molar-refractivity contribution in [2.24, 2.45) is 7.05 Å². The van der Waals surface area contributed by atoms with Crippen molar-refractivity contribution < 1.29 is 9.53 Å². The van der Waals surface area contributed by atoms with Gasteiger partial charge in [-0.2, -0.15) is 0 Å². The Balaban J connectivity index is 1.43. The lowest BCUT2D eigenvalue weighted by Crippen LogP contribution is -2.14. The molecule has 1 heterocycles. The molecule has 2 aromatic carbocycles. The van der Waals surface area contributed by atoms with E-state index in [1.54, 1.807) is 18.2 Å². The van der Waals surface area contributed by atoms with Crippen LogP contribution in [0.25, 0.3) is 0 Å². The van der Waals surface area contributed by atoms with E-state index in [1.165, 1.54) is 11.8 Å². The van der Waals surface area contributed by atoms with E-state index >= 15 is 0 Å². The van der Waals surface area contributed by atoms with Gasteiger partial charge in [-0.25, -0.2) is 0 Å². The van der Waals surface area contributed by atoms with Crippen LogP contribution in [0.5, 0.6) is 5.75 Å². The Bertz CT molecular complexity index is 1010. The highest BCUT2D eigenvalue weighted by Gasteiger charge is 2.12. The van der Waals surface area contributed by atoms with Gasteiger partial charge in [-0.1, -0.05) is 52.7 Å². The van der Waals surface area contributed by atoms with E-state index in [9.17, 15) is 4.79 Å². The molecule has 1 aromatic heterocycles. The molecule has 1 amide bonds. The lowest BCUT2D eigenvalue weighted by molar-refractivity contribution is -0.113. The van der Waals surface area contributed by atoms with Crippen LogP contribution >= 0.6 is 35.0 Å². The van der Waals surface area contributed by atoms with Crippen LogP contribution in [0.15, 0.2) is 47.6 Å². The van der Waals surface area contributed by atoms with Gasteiger partial charge in [0.1, 0.15) is 11.6 Å². The second-order valence-electron chi connectivity index (χ2n) is 6.69. The first-order chi connectivity index (χ1) is 14.4. The Morgan fingerprint density at radius 3 is 2.67 bits per heavy atom. The van der Waals surface area contributed by atoms with Crippen LogP contribution in [-0.4, -0.2) is 33.0 Å². The average molecular weight is 465 g/mol. The Hall–Kier alpha value is -2.22. The van der Waals surface area contributed by atoms with E-state index < -0.39 is 0 Å². The molecule has 3 rings (SSSR count). The zero-order valence-electron chi connectivity index (χ0n) is 16.7. The first-order valence-electron chi connectivity index (χ1n) is 9.38. The number of thioether (sulfide) groups is 1. The number of nitrogens with zero attached hydrogens (tertiary/aromatic N) is 3. The monoisotopic (exact) mass is 464 g/mol. The van der Waals surface area contributed by atoms with Crippen LogP contribution in [0.4, 0.5) is 5.69 Å². The van der Waals surface area contributed by atoms with Gasteiger partial charge < -0.3 is 14.6 Å². The molecule has 158 valence electrons. The zero-order chi connectivity index (χ0) is 21.5. The number of ether oxygens (including phenoxy) is 1. The number of aryl methyl sites for hydroxylation is 2. The van der Waals surface area contributed by atoms with Gasteiger partial charge in [-0.15, -0.1) is 10.2 Å². The second kappa shape index (κ2) is 10.7. The summed E-state index contributed by atoms with van der Waals surface area (Å²) in [6.45, 7) is 2.50. The van der Waals surface area contributed by atoms with Gasteiger partial charge in [0.25, 0.3) is 0 Å². The Morgan fingerprint density at radius 2 is 1.93 bits per heavy atom. The molecule has 0 aliphatic carbocycles. The summed E-state index contributed by atoms with van der Waals surface area (Å²) in [5, 5.41) is 13.0. The number of rotatable bonds is 9. The smallest absolute Gasteiger partial charge is 0.234 e. The fourth-order valence-electron chi connectivity index (χ4n) is 2.66. The fourth-order valence-corrected chi connectivity index (χ4v) is 3.85. The summed E-state index contributed by atoms with van der Waals surface area (Å²) in [6.07, 6.45) is 1.45. The largest absolute Gasteiger partial charge is 0.492 e. The fraction of sp³-hybridized carbons (Fsp3) is 0.286. The lowest BCUT2D eigenvalue weighted by Gasteiger charge is -2.08. The third kappa shape index (κ3) is 6.39. The molecule has 0 radical (unpaired) electrons. The number of aromatic nitrogens is 3. The molecule has 0 unspecified atom stereocenters. The number of anilines is 1. The molecule has 30 heavy (non-hydrogen) atoms. The molecular weight excluding hydrogens is 443 g/mol. The first-order valence-corrected chi connectivity index (χ1v) is 11.1. The molecule has 0 bridgehead atoms. The van der Waals surface area contributed by atoms with Crippen molar-refractivity contribution in [3.63, 3.8) is 0 Å². The molecule has 0 aliphatic rings. The van der Waals surface area contributed by atoms with E-state index in [1.807, 2.05) is 42.8 Å².